The molecule has 2 fully saturated rings. The predicted octanol–water partition coefficient (Wildman–Crippen LogP) is 4.49. The third-order valence-electron chi connectivity index (χ3n) is 7.71. The lowest BCUT2D eigenvalue weighted by molar-refractivity contribution is -0.158. The molecule has 0 bridgehead atoms. The zero-order chi connectivity index (χ0) is 26.0. The summed E-state index contributed by atoms with van der Waals surface area (Å²) in [4.78, 5) is 27.6. The number of rotatable bonds is 12. The van der Waals surface area contributed by atoms with Crippen molar-refractivity contribution >= 4 is 11.8 Å². The van der Waals surface area contributed by atoms with Crippen LogP contribution in [0.4, 0.5) is 0 Å². The molecular formula is C30H40N2O5. The summed E-state index contributed by atoms with van der Waals surface area (Å²) in [7, 11) is 3.41. The smallest absolute Gasteiger partial charge is 0.255 e. The van der Waals surface area contributed by atoms with Crippen LogP contribution < -0.4 is 9.47 Å². The summed E-state index contributed by atoms with van der Waals surface area (Å²) < 4.78 is 15.7. The van der Waals surface area contributed by atoms with Crippen LogP contribution >= 0.6 is 0 Å². The Balaban J connectivity index is 1.25. The maximum absolute atomic E-state index is 11.8. The highest BCUT2D eigenvalue weighted by atomic mass is 16.5. The lowest BCUT2D eigenvalue weighted by atomic mass is 9.76. The van der Waals surface area contributed by atoms with Crippen LogP contribution in [-0.4, -0.2) is 75.2 Å². The highest BCUT2D eigenvalue weighted by Crippen LogP contribution is 2.39. The van der Waals surface area contributed by atoms with E-state index in [1.807, 2.05) is 0 Å². The number of imide groups is 1. The minimum absolute atomic E-state index is 0.0273. The van der Waals surface area contributed by atoms with Crippen LogP contribution in [0.2, 0.25) is 0 Å². The molecule has 7 heteroatoms. The Bertz CT molecular complexity index is 936. The molecule has 0 saturated carbocycles. The fourth-order valence-corrected chi connectivity index (χ4v) is 5.60. The second kappa shape index (κ2) is 13.6. The molecule has 0 N–H and O–H groups in total. The van der Waals surface area contributed by atoms with E-state index in [0.717, 1.165) is 56.8 Å². The maximum Gasteiger partial charge on any atom is 0.255 e. The standard InChI is InChI=1S/C30H40N2O5/c1-35-26-11-7-23(8-12-26)30(24-9-13-27(36-2)14-10-24)25-15-19-31(20-16-25)17-5-3-4-6-18-32-28(33)21-37-22-29(32)34/h7-14,25,30H,3-6,15-22H2,1-2H3. The van der Waals surface area contributed by atoms with Crippen molar-refractivity contribution in [3.8, 4) is 11.5 Å². The van der Waals surface area contributed by atoms with Crippen molar-refractivity contribution in [1.82, 2.24) is 9.80 Å². The van der Waals surface area contributed by atoms with Gasteiger partial charge in [-0.2, -0.15) is 0 Å². The Morgan fingerprint density at radius 2 is 1.24 bits per heavy atom. The molecule has 2 aliphatic rings. The number of nitrogens with zero attached hydrogens (tertiary/aromatic N) is 2. The van der Waals surface area contributed by atoms with Gasteiger partial charge in [0, 0.05) is 12.5 Å². The maximum atomic E-state index is 11.8. The van der Waals surface area contributed by atoms with E-state index < -0.39 is 0 Å². The number of ether oxygens (including phenoxy) is 3. The number of unbranched alkanes of at least 4 members (excludes halogenated alkanes) is 3. The Labute approximate surface area is 220 Å². The summed E-state index contributed by atoms with van der Waals surface area (Å²) in [6.07, 6.45) is 6.51. The molecule has 2 aliphatic heterocycles. The Kier molecular flexibility index (Phi) is 9.97. The molecule has 2 aromatic rings. The summed E-state index contributed by atoms with van der Waals surface area (Å²) >= 11 is 0. The van der Waals surface area contributed by atoms with Gasteiger partial charge in [-0.05, 0) is 86.6 Å². The van der Waals surface area contributed by atoms with Gasteiger partial charge < -0.3 is 19.1 Å². The first-order valence-corrected chi connectivity index (χ1v) is 13.5. The minimum atomic E-state index is -0.207. The number of morpholine rings is 1. The number of hydrogen-bond acceptors (Lipinski definition) is 6. The molecule has 2 aromatic carbocycles. The summed E-state index contributed by atoms with van der Waals surface area (Å²) in [5.74, 6) is 2.29. The van der Waals surface area contributed by atoms with Crippen LogP contribution in [0.15, 0.2) is 48.5 Å². The van der Waals surface area contributed by atoms with Gasteiger partial charge in [-0.25, -0.2) is 0 Å². The fourth-order valence-electron chi connectivity index (χ4n) is 5.60. The van der Waals surface area contributed by atoms with Crippen LogP contribution in [0.25, 0.3) is 0 Å². The summed E-state index contributed by atoms with van der Waals surface area (Å²) in [5.41, 5.74) is 2.67. The Hall–Kier alpha value is -2.90. The van der Waals surface area contributed by atoms with Crippen LogP contribution in [0.3, 0.4) is 0 Å². The number of benzene rings is 2. The zero-order valence-corrected chi connectivity index (χ0v) is 22.2. The van der Waals surface area contributed by atoms with Gasteiger partial charge in [-0.15, -0.1) is 0 Å². The molecular weight excluding hydrogens is 468 g/mol. The molecule has 7 nitrogen and oxygen atoms in total. The van der Waals surface area contributed by atoms with Gasteiger partial charge in [0.15, 0.2) is 0 Å². The highest BCUT2D eigenvalue weighted by molar-refractivity contribution is 5.98. The molecule has 0 aromatic heterocycles. The average molecular weight is 509 g/mol. The normalized spacial score (nSPS) is 17.4. The molecule has 0 unspecified atom stereocenters. The van der Waals surface area contributed by atoms with E-state index in [1.54, 1.807) is 14.2 Å². The van der Waals surface area contributed by atoms with Crippen LogP contribution in [0, 0.1) is 5.92 Å². The Morgan fingerprint density at radius 1 is 0.757 bits per heavy atom. The van der Waals surface area contributed by atoms with Crippen molar-refractivity contribution in [2.24, 2.45) is 5.92 Å². The quantitative estimate of drug-likeness (QED) is 0.311. The van der Waals surface area contributed by atoms with Crippen molar-refractivity contribution in [3.05, 3.63) is 59.7 Å². The van der Waals surface area contributed by atoms with Crippen molar-refractivity contribution in [2.45, 2.75) is 44.4 Å². The van der Waals surface area contributed by atoms with Gasteiger partial charge in [0.2, 0.25) is 0 Å². The number of hydrogen-bond donors (Lipinski definition) is 0. The van der Waals surface area contributed by atoms with Crippen molar-refractivity contribution < 1.29 is 23.8 Å². The van der Waals surface area contributed by atoms with Gasteiger partial charge in [-0.3, -0.25) is 14.5 Å². The molecule has 0 spiro atoms. The zero-order valence-electron chi connectivity index (χ0n) is 22.2. The topological polar surface area (TPSA) is 68.3 Å². The fraction of sp³-hybridized carbons (Fsp3) is 0.533. The summed E-state index contributed by atoms with van der Waals surface area (Å²) in [6, 6.07) is 17.1. The third-order valence-corrected chi connectivity index (χ3v) is 7.71. The van der Waals surface area contributed by atoms with Gasteiger partial charge in [0.1, 0.15) is 24.7 Å². The molecule has 200 valence electrons. The number of methoxy groups -OCH3 is 2. The first-order chi connectivity index (χ1) is 18.1. The van der Waals surface area contributed by atoms with Crippen molar-refractivity contribution in [2.75, 3.05) is 53.6 Å². The van der Waals surface area contributed by atoms with E-state index in [2.05, 4.69) is 53.4 Å². The predicted molar refractivity (Wildman–Crippen MR) is 143 cm³/mol. The lowest BCUT2D eigenvalue weighted by Gasteiger charge is -2.37. The van der Waals surface area contributed by atoms with Gasteiger partial charge in [0.05, 0.1) is 14.2 Å². The molecule has 0 atom stereocenters. The Morgan fingerprint density at radius 3 is 1.73 bits per heavy atom. The van der Waals surface area contributed by atoms with Gasteiger partial charge >= 0.3 is 0 Å². The largest absolute Gasteiger partial charge is 0.497 e. The molecule has 2 saturated heterocycles. The van der Waals surface area contributed by atoms with Crippen LogP contribution in [0.1, 0.15) is 55.6 Å². The van der Waals surface area contributed by atoms with E-state index in [-0.39, 0.29) is 25.0 Å². The minimum Gasteiger partial charge on any atom is -0.497 e. The molecule has 4 rings (SSSR count). The molecule has 0 aliphatic carbocycles. The molecule has 0 radical (unpaired) electrons. The van der Waals surface area contributed by atoms with Gasteiger partial charge in [-0.1, -0.05) is 37.1 Å². The van der Waals surface area contributed by atoms with E-state index in [4.69, 9.17) is 14.2 Å². The summed E-state index contributed by atoms with van der Waals surface area (Å²) in [5, 5.41) is 0. The van der Waals surface area contributed by atoms with E-state index >= 15 is 0 Å². The second-order valence-corrected chi connectivity index (χ2v) is 10.0. The molecule has 2 amide bonds. The highest BCUT2D eigenvalue weighted by Gasteiger charge is 2.29. The van der Waals surface area contributed by atoms with Crippen LogP contribution in [-0.2, 0) is 14.3 Å². The van der Waals surface area contributed by atoms with E-state index in [9.17, 15) is 9.59 Å². The number of likely N-dealkylation sites (tertiary alicyclic amines) is 1. The van der Waals surface area contributed by atoms with Gasteiger partial charge in [0.25, 0.3) is 11.8 Å². The van der Waals surface area contributed by atoms with Crippen molar-refractivity contribution in [1.29, 1.82) is 0 Å². The lowest BCUT2D eigenvalue weighted by Crippen LogP contribution is -2.46. The number of amides is 2. The van der Waals surface area contributed by atoms with E-state index in [1.165, 1.54) is 28.9 Å². The SMILES string of the molecule is COc1ccc(C(c2ccc(OC)cc2)C2CCN(CCCCCCN3C(=O)COCC3=O)CC2)cc1. The average Bonchev–Trinajstić information content (AvgIpc) is 2.93. The third kappa shape index (κ3) is 7.33. The molecule has 37 heavy (non-hydrogen) atoms. The first-order valence-electron chi connectivity index (χ1n) is 13.5. The summed E-state index contributed by atoms with van der Waals surface area (Å²) in [6.45, 7) is 3.91. The monoisotopic (exact) mass is 508 g/mol. The van der Waals surface area contributed by atoms with Crippen LogP contribution in [0.5, 0.6) is 11.5 Å². The second-order valence-electron chi connectivity index (χ2n) is 10.0. The van der Waals surface area contributed by atoms with E-state index in [0.29, 0.717) is 18.4 Å². The number of piperidine rings is 1. The van der Waals surface area contributed by atoms with Crippen molar-refractivity contribution in [3.63, 3.8) is 0 Å². The number of carbonyl (C=O) groups is 2. The molecule has 2 heterocycles. The number of carbonyl (C=O) groups excluding carboxylic acids is 2. The first kappa shape index (κ1) is 27.1.